The van der Waals surface area contributed by atoms with Crippen LogP contribution in [0, 0.1) is 32.4 Å². The van der Waals surface area contributed by atoms with Gasteiger partial charge in [-0.15, -0.1) is 0 Å². The molecule has 24 nitrogen and oxygen atoms in total. The van der Waals surface area contributed by atoms with Crippen LogP contribution in [-0.4, -0.2) is 98.1 Å². The molecule has 13 aromatic carbocycles. The largest absolute Gasteiger partial charge is 0.496 e. The average molecular weight is 1470 g/mol. The van der Waals surface area contributed by atoms with Crippen LogP contribution in [0.4, 0.5) is 11.4 Å². The zero-order chi connectivity index (χ0) is 72.6. The number of carboxylic acids is 2. The van der Waals surface area contributed by atoms with Crippen LogP contribution in [0.1, 0.15) is 20.7 Å². The Kier molecular flexibility index (Phi) is 13.5. The van der Waals surface area contributed by atoms with Gasteiger partial charge in [-0.05, 0) is 208 Å². The highest BCUT2D eigenvalue weighted by Crippen LogP contribution is 2.64. The van der Waals surface area contributed by atoms with E-state index in [1.54, 1.807) is 0 Å². The number of rotatable bonds is 15. The molecular formula is C74H37ClN2O22S4. The molecular weight excluding hydrogens is 1430 g/mol. The van der Waals surface area contributed by atoms with Crippen LogP contribution in [0.5, 0.6) is 11.5 Å². The maximum Gasteiger partial charge on any atom is 0.336 e. The van der Waals surface area contributed by atoms with Crippen LogP contribution in [0.25, 0.3) is 177 Å². The number of benzene rings is 13. The molecule has 0 atom stereocenters. The Hall–Kier alpha value is -11.8. The van der Waals surface area contributed by atoms with Crippen LogP contribution in [0.15, 0.2) is 171 Å². The average Bonchev–Trinajstić information content (AvgIpc) is 1.68. The van der Waals surface area contributed by atoms with E-state index in [0.717, 1.165) is 36.4 Å². The molecule has 0 fully saturated rings. The summed E-state index contributed by atoms with van der Waals surface area (Å²) < 4.78 is 169. The van der Waals surface area contributed by atoms with Crippen LogP contribution in [-0.2, 0) is 40.5 Å². The van der Waals surface area contributed by atoms with Gasteiger partial charge in [-0.2, -0.15) is 33.7 Å². The number of nitrogens with zero attached hydrogens (tertiary/aromatic N) is 2. The van der Waals surface area contributed by atoms with E-state index in [-0.39, 0.29) is 155 Å². The van der Waals surface area contributed by atoms with E-state index < -0.39 is 143 Å². The third-order valence-electron chi connectivity index (χ3n) is 19.6. The maximum atomic E-state index is 15.3. The van der Waals surface area contributed by atoms with Crippen molar-refractivity contribution < 1.29 is 91.0 Å². The van der Waals surface area contributed by atoms with Crippen molar-refractivity contribution in [2.45, 2.75) is 19.6 Å². The lowest BCUT2D eigenvalue weighted by Gasteiger charge is -2.30. The normalized spacial score (nSPS) is 12.8. The first-order chi connectivity index (χ1) is 48.8. The summed E-state index contributed by atoms with van der Waals surface area (Å²) in [5.74, 6) is -3.65. The number of nitro benzene ring substituents is 2. The summed E-state index contributed by atoms with van der Waals surface area (Å²) in [6.45, 7) is 0. The van der Waals surface area contributed by atoms with Crippen molar-refractivity contribution in [3.63, 3.8) is 0 Å². The standard InChI is InChI=1S/C74H37ClN2O22S4/c1-98-57-16-11-33-19-46(57)49-29-50(59(33)68(71(49)102(92,93)94)52-26-40-32-9-13-39(56(21-32)77(84)85)65(52)72(103(95,96)97)60(40)30-6-4-3-5-7-30)64-48-28-53(70(74(80)81)61(64)34-10-15-55(76(82)83)45(48)18-34)67-63-38-12-8-31(20-54(38)75)41(69(67)73(78)79)27-51(63)62-37-14-17-58(99-2)66(62)47-25-36(101(89,90)91)23-43-42(37)22-35(24-44(43)47)100(86,87)88/h4-16,18-29H,1-2H3,(H,78,79)(H,80,81)(H,86,87,88)(H,89,90,91)(H,92,93,94)(H,95,96,97). The second-order valence-corrected chi connectivity index (χ2v) is 30.7. The van der Waals surface area contributed by atoms with Crippen LogP contribution in [0.3, 0.4) is 0 Å². The number of halogens is 1. The van der Waals surface area contributed by atoms with Gasteiger partial charge >= 0.3 is 11.9 Å². The first kappa shape index (κ1) is 64.5. The number of hydrogen-bond acceptors (Lipinski definition) is 16. The lowest BCUT2D eigenvalue weighted by molar-refractivity contribution is -0.384. The first-order valence-electron chi connectivity index (χ1n) is 30.3. The molecule has 22 bridgehead atoms. The van der Waals surface area contributed by atoms with Gasteiger partial charge in [0.25, 0.3) is 51.8 Å². The molecule has 11 aliphatic carbocycles. The number of carboxylic acid groups (broad SMARTS) is 2. The van der Waals surface area contributed by atoms with Crippen molar-refractivity contribution in [1.29, 1.82) is 0 Å². The molecule has 24 rings (SSSR count). The van der Waals surface area contributed by atoms with E-state index in [0.29, 0.717) is 0 Å². The maximum absolute atomic E-state index is 15.3. The Morgan fingerprint density at radius 1 is 0.417 bits per heavy atom. The number of carbonyl (C=O) groups is 2. The van der Waals surface area contributed by atoms with Gasteiger partial charge in [0.05, 0.1) is 55.9 Å². The fourth-order valence-corrected chi connectivity index (χ4v) is 19.0. The number of fused-ring (bicyclic) bond motifs is 13. The summed E-state index contributed by atoms with van der Waals surface area (Å²) in [5, 5.41) is 50.4. The molecule has 0 heterocycles. The Balaban J connectivity index is 1.07. The molecule has 13 aromatic rings. The molecule has 0 spiro atoms. The van der Waals surface area contributed by atoms with Gasteiger partial charge in [0.1, 0.15) is 21.3 Å². The van der Waals surface area contributed by atoms with Crippen molar-refractivity contribution in [3.8, 4) is 156 Å². The Morgan fingerprint density at radius 3 is 1.63 bits per heavy atom. The van der Waals surface area contributed by atoms with E-state index in [9.17, 15) is 87.1 Å². The van der Waals surface area contributed by atoms with Crippen molar-refractivity contribution in [2.24, 2.45) is 0 Å². The predicted octanol–water partition coefficient (Wildman–Crippen LogP) is 16.0. The second kappa shape index (κ2) is 21.6. The Bertz CT molecular complexity index is 6840. The summed E-state index contributed by atoms with van der Waals surface area (Å²) in [5.41, 5.74) is -7.52. The van der Waals surface area contributed by atoms with E-state index in [1.807, 2.05) is 0 Å². The van der Waals surface area contributed by atoms with E-state index >= 15 is 4.79 Å². The molecule has 0 aromatic heterocycles. The molecule has 0 saturated carbocycles. The molecule has 0 saturated heterocycles. The molecule has 6 N–H and O–H groups in total. The molecule has 0 unspecified atom stereocenters. The van der Waals surface area contributed by atoms with Gasteiger partial charge < -0.3 is 19.7 Å². The van der Waals surface area contributed by atoms with Crippen LogP contribution < -0.4 is 9.47 Å². The highest BCUT2D eigenvalue weighted by atomic mass is 35.5. The van der Waals surface area contributed by atoms with Crippen molar-refractivity contribution in [3.05, 3.63) is 200 Å². The zero-order valence-electron chi connectivity index (χ0n) is 52.1. The quantitative estimate of drug-likeness (QED) is 0.0315. The Labute approximate surface area is 585 Å². The number of non-ortho nitro benzene ring substituents is 1. The van der Waals surface area contributed by atoms with Crippen molar-refractivity contribution in [2.75, 3.05) is 14.2 Å². The lowest BCUT2D eigenvalue weighted by atomic mass is 9.73. The highest BCUT2D eigenvalue weighted by molar-refractivity contribution is 7.86. The number of aromatic carboxylic acids is 2. The van der Waals surface area contributed by atoms with Crippen molar-refractivity contribution in [1.82, 2.24) is 0 Å². The van der Waals surface area contributed by atoms with Gasteiger partial charge in [0, 0.05) is 78.7 Å². The summed E-state index contributed by atoms with van der Waals surface area (Å²) >= 11 is 7.35. The van der Waals surface area contributed by atoms with Gasteiger partial charge in [0.15, 0.2) is 0 Å². The molecule has 2 radical (unpaired) electrons. The summed E-state index contributed by atoms with van der Waals surface area (Å²) in [4.78, 5) is 52.2. The minimum Gasteiger partial charge on any atom is -0.496 e. The number of nitro groups is 2. The fourth-order valence-electron chi connectivity index (χ4n) is 15.8. The van der Waals surface area contributed by atoms with E-state index in [2.05, 4.69) is 12.1 Å². The predicted molar refractivity (Wildman–Crippen MR) is 377 cm³/mol. The third-order valence-corrected chi connectivity index (χ3v) is 23.4. The topological polar surface area (TPSA) is 397 Å². The van der Waals surface area contributed by atoms with E-state index in [1.165, 1.54) is 129 Å². The van der Waals surface area contributed by atoms with Crippen LogP contribution in [0.2, 0.25) is 5.02 Å². The Morgan fingerprint density at radius 2 is 1.01 bits per heavy atom. The first-order valence-corrected chi connectivity index (χ1v) is 36.4. The molecule has 11 aliphatic rings. The number of methoxy groups -OCH3 is 2. The SMILES string of the molecule is COc1[c]cc2c(-c3cc4c(C(=O)O)c(-c5cc6c(-c7cc8c(S(=O)(=O)O)c(-c9cc%10c(-c%11cc[c]cc%11)c(S(=O)(=O)O)c9-c9ccc-%10cc9[N+](=O)[O-])c7-c7ccc(OC)c-8c7)c(c5C(=O)O)c5ccc([N+](=O)[O-])c6c5)c3-c3ccc-4cc3Cl)c1-c1cc(S(=O)(=O)O)cc3c-2cc(S(=O)(=O)O)cc13. The number of ether oxygens (including phenoxy) is 2. The highest BCUT2D eigenvalue weighted by Gasteiger charge is 2.43. The van der Waals surface area contributed by atoms with Gasteiger partial charge in [-0.3, -0.25) is 38.4 Å². The fraction of sp³-hybridized carbons (Fsp3) is 0.0270. The summed E-state index contributed by atoms with van der Waals surface area (Å²) in [6.07, 6.45) is 0. The van der Waals surface area contributed by atoms with Gasteiger partial charge in [0.2, 0.25) is 0 Å². The van der Waals surface area contributed by atoms with Gasteiger partial charge in [-0.25, -0.2) is 9.59 Å². The molecule has 0 amide bonds. The molecule has 103 heavy (non-hydrogen) atoms. The smallest absolute Gasteiger partial charge is 0.336 e. The summed E-state index contributed by atoms with van der Waals surface area (Å²) in [7, 11) is -19.1. The molecule has 506 valence electrons. The lowest BCUT2D eigenvalue weighted by Crippen LogP contribution is -2.13. The minimum absolute atomic E-state index is 0.00171. The third kappa shape index (κ3) is 9.12. The molecule has 29 heteroatoms. The van der Waals surface area contributed by atoms with E-state index in [4.69, 9.17) is 21.1 Å². The second-order valence-electron chi connectivity index (χ2n) is 24.7. The minimum atomic E-state index is -5.71. The van der Waals surface area contributed by atoms with Crippen LogP contribution >= 0.6 is 11.6 Å². The summed E-state index contributed by atoms with van der Waals surface area (Å²) in [6, 6.07) is 38.6. The number of hydrogen-bond donors (Lipinski definition) is 6. The van der Waals surface area contributed by atoms with Gasteiger partial charge in [-0.1, -0.05) is 60.1 Å². The monoisotopic (exact) mass is 1470 g/mol. The zero-order valence-corrected chi connectivity index (χ0v) is 56.1. The molecule has 0 aliphatic heterocycles. The van der Waals surface area contributed by atoms with Crippen molar-refractivity contribution >= 4 is 108 Å².